The lowest BCUT2D eigenvalue weighted by atomic mass is 10.0. The molecule has 0 saturated carbocycles. The van der Waals surface area contributed by atoms with Gasteiger partial charge in [0.2, 0.25) is 15.9 Å². The Labute approximate surface area is 176 Å². The Bertz CT molecular complexity index is 990. The van der Waals surface area contributed by atoms with Gasteiger partial charge in [0.25, 0.3) is 0 Å². The number of carbonyl (C=O) groups is 2. The van der Waals surface area contributed by atoms with Gasteiger partial charge < -0.3 is 10.4 Å². The average molecular weight is 431 g/mol. The van der Waals surface area contributed by atoms with Gasteiger partial charge in [-0.2, -0.15) is 4.31 Å². The van der Waals surface area contributed by atoms with Gasteiger partial charge in [-0.05, 0) is 37.5 Å². The number of nitrogens with one attached hydrogen (secondary N) is 1. The Morgan fingerprint density at radius 1 is 1.10 bits per heavy atom. The van der Waals surface area contributed by atoms with Gasteiger partial charge in [0.05, 0.1) is 4.90 Å². The van der Waals surface area contributed by atoms with Crippen molar-refractivity contribution in [2.45, 2.75) is 49.6 Å². The molecule has 2 aromatic rings. The van der Waals surface area contributed by atoms with E-state index in [-0.39, 0.29) is 17.9 Å². The molecule has 0 aromatic heterocycles. The molecule has 0 aliphatic carbocycles. The molecule has 7 nitrogen and oxygen atoms in total. The van der Waals surface area contributed by atoms with Gasteiger partial charge in [0, 0.05) is 13.0 Å². The van der Waals surface area contributed by atoms with E-state index < -0.39 is 34.0 Å². The number of sulfonamides is 1. The molecule has 1 unspecified atom stereocenters. The maximum Gasteiger partial charge on any atom is 0.326 e. The summed E-state index contributed by atoms with van der Waals surface area (Å²) in [6, 6.07) is 13.4. The first-order chi connectivity index (χ1) is 14.3. The Morgan fingerprint density at radius 3 is 2.40 bits per heavy atom. The van der Waals surface area contributed by atoms with Gasteiger partial charge >= 0.3 is 5.97 Å². The summed E-state index contributed by atoms with van der Waals surface area (Å²) in [5, 5.41) is 12.1. The molecule has 1 fully saturated rings. The van der Waals surface area contributed by atoms with E-state index in [9.17, 15) is 23.1 Å². The van der Waals surface area contributed by atoms with Crippen LogP contribution >= 0.6 is 0 Å². The molecular weight excluding hydrogens is 404 g/mol. The number of hydrogen-bond donors (Lipinski definition) is 2. The molecular formula is C22H26N2O5S. The molecule has 1 heterocycles. The number of hydrogen-bond acceptors (Lipinski definition) is 4. The zero-order valence-electron chi connectivity index (χ0n) is 16.8. The number of benzene rings is 2. The van der Waals surface area contributed by atoms with Gasteiger partial charge in [0.1, 0.15) is 12.1 Å². The first kappa shape index (κ1) is 22.0. The number of aliphatic carboxylic acids is 1. The van der Waals surface area contributed by atoms with Crippen molar-refractivity contribution in [3.05, 3.63) is 65.7 Å². The van der Waals surface area contributed by atoms with E-state index in [1.54, 1.807) is 36.4 Å². The van der Waals surface area contributed by atoms with E-state index in [0.29, 0.717) is 19.3 Å². The highest BCUT2D eigenvalue weighted by Gasteiger charge is 2.38. The van der Waals surface area contributed by atoms with Crippen LogP contribution in [0, 0.1) is 6.92 Å². The van der Waals surface area contributed by atoms with Gasteiger partial charge in [0.15, 0.2) is 0 Å². The van der Waals surface area contributed by atoms with E-state index >= 15 is 0 Å². The summed E-state index contributed by atoms with van der Waals surface area (Å²) in [6.07, 6.45) is 1.84. The number of piperidine rings is 1. The van der Waals surface area contributed by atoms with Crippen molar-refractivity contribution in [3.8, 4) is 0 Å². The number of amides is 1. The van der Waals surface area contributed by atoms with Gasteiger partial charge in [-0.3, -0.25) is 4.79 Å². The summed E-state index contributed by atoms with van der Waals surface area (Å²) < 4.78 is 27.5. The second kappa shape index (κ2) is 9.40. The van der Waals surface area contributed by atoms with Crippen LogP contribution in [0.4, 0.5) is 0 Å². The fourth-order valence-electron chi connectivity index (χ4n) is 3.62. The molecule has 2 N–H and O–H groups in total. The summed E-state index contributed by atoms with van der Waals surface area (Å²) >= 11 is 0. The van der Waals surface area contributed by atoms with Crippen molar-refractivity contribution >= 4 is 21.9 Å². The predicted molar refractivity (Wildman–Crippen MR) is 112 cm³/mol. The van der Waals surface area contributed by atoms with Crippen molar-refractivity contribution < 1.29 is 23.1 Å². The lowest BCUT2D eigenvalue weighted by Crippen LogP contribution is -2.55. The molecule has 1 aliphatic rings. The Balaban J connectivity index is 1.79. The minimum Gasteiger partial charge on any atom is -0.480 e. The molecule has 2 aromatic carbocycles. The highest BCUT2D eigenvalue weighted by molar-refractivity contribution is 7.89. The third kappa shape index (κ3) is 5.06. The van der Waals surface area contributed by atoms with Crippen LogP contribution in [-0.2, 0) is 26.0 Å². The van der Waals surface area contributed by atoms with Crippen LogP contribution in [0.1, 0.15) is 30.4 Å². The van der Waals surface area contributed by atoms with Gasteiger partial charge in [-0.25, -0.2) is 13.2 Å². The monoisotopic (exact) mass is 430 g/mol. The quantitative estimate of drug-likeness (QED) is 0.702. The number of rotatable bonds is 7. The summed E-state index contributed by atoms with van der Waals surface area (Å²) in [5.41, 5.74) is 1.71. The summed E-state index contributed by atoms with van der Waals surface area (Å²) in [6.45, 7) is 2.09. The molecule has 0 spiro atoms. The molecule has 1 saturated heterocycles. The number of nitrogens with zero attached hydrogens (tertiary/aromatic N) is 1. The van der Waals surface area contributed by atoms with Gasteiger partial charge in [-0.1, -0.05) is 54.4 Å². The Kier molecular flexibility index (Phi) is 6.89. The van der Waals surface area contributed by atoms with Crippen LogP contribution < -0.4 is 5.32 Å². The normalized spacial score (nSPS) is 18.5. The average Bonchev–Trinajstić information content (AvgIpc) is 2.74. The topological polar surface area (TPSA) is 104 Å². The van der Waals surface area contributed by atoms with E-state index in [1.807, 2.05) is 13.0 Å². The minimum atomic E-state index is -3.86. The van der Waals surface area contributed by atoms with Crippen molar-refractivity contribution in [2.75, 3.05) is 6.54 Å². The van der Waals surface area contributed by atoms with Crippen LogP contribution in [-0.4, -0.2) is 48.3 Å². The zero-order chi connectivity index (χ0) is 21.7. The Hall–Kier alpha value is -2.71. The fourth-order valence-corrected chi connectivity index (χ4v) is 5.27. The lowest BCUT2D eigenvalue weighted by molar-refractivity contribution is -0.142. The lowest BCUT2D eigenvalue weighted by Gasteiger charge is -2.34. The van der Waals surface area contributed by atoms with Gasteiger partial charge in [-0.15, -0.1) is 0 Å². The third-order valence-electron chi connectivity index (χ3n) is 5.28. The largest absolute Gasteiger partial charge is 0.480 e. The van der Waals surface area contributed by atoms with E-state index in [2.05, 4.69) is 5.32 Å². The number of carboxylic acids is 1. The number of carboxylic acid groups (broad SMARTS) is 1. The number of aryl methyl sites for hydroxylation is 1. The van der Waals surface area contributed by atoms with Crippen LogP contribution in [0.25, 0.3) is 0 Å². The Morgan fingerprint density at radius 2 is 1.77 bits per heavy atom. The van der Waals surface area contributed by atoms with Crippen molar-refractivity contribution in [1.29, 1.82) is 0 Å². The molecule has 1 aliphatic heterocycles. The third-order valence-corrected chi connectivity index (χ3v) is 7.20. The van der Waals surface area contributed by atoms with Crippen LogP contribution in [0.5, 0.6) is 0 Å². The SMILES string of the molecule is Cc1ccc(S(=O)(=O)N2CCCCC2C(=O)N[C@@H](Cc2ccccc2)C(=O)O)cc1. The van der Waals surface area contributed by atoms with E-state index in [1.165, 1.54) is 16.4 Å². The predicted octanol–water partition coefficient (Wildman–Crippen LogP) is 2.35. The smallest absolute Gasteiger partial charge is 0.326 e. The maximum absolute atomic E-state index is 13.2. The van der Waals surface area contributed by atoms with E-state index in [0.717, 1.165) is 11.1 Å². The molecule has 1 amide bonds. The van der Waals surface area contributed by atoms with Crippen molar-refractivity contribution in [1.82, 2.24) is 9.62 Å². The van der Waals surface area contributed by atoms with Crippen molar-refractivity contribution in [2.24, 2.45) is 0 Å². The second-order valence-electron chi connectivity index (χ2n) is 7.53. The molecule has 3 rings (SSSR count). The second-order valence-corrected chi connectivity index (χ2v) is 9.42. The van der Waals surface area contributed by atoms with E-state index in [4.69, 9.17) is 0 Å². The maximum atomic E-state index is 13.2. The molecule has 30 heavy (non-hydrogen) atoms. The van der Waals surface area contributed by atoms with Crippen molar-refractivity contribution in [3.63, 3.8) is 0 Å². The summed E-state index contributed by atoms with van der Waals surface area (Å²) in [5.74, 6) is -1.73. The van der Waals surface area contributed by atoms with Crippen LogP contribution in [0.15, 0.2) is 59.5 Å². The highest BCUT2D eigenvalue weighted by Crippen LogP contribution is 2.26. The molecule has 0 radical (unpaired) electrons. The zero-order valence-corrected chi connectivity index (χ0v) is 17.6. The molecule has 0 bridgehead atoms. The molecule has 2 atom stereocenters. The molecule has 8 heteroatoms. The first-order valence-electron chi connectivity index (χ1n) is 9.94. The van der Waals surface area contributed by atoms with Crippen LogP contribution in [0.3, 0.4) is 0 Å². The fraction of sp³-hybridized carbons (Fsp3) is 0.364. The summed E-state index contributed by atoms with van der Waals surface area (Å²) in [4.78, 5) is 24.8. The first-order valence-corrected chi connectivity index (χ1v) is 11.4. The standard InChI is InChI=1S/C22H26N2O5S/c1-16-10-12-18(13-11-16)30(28,29)24-14-6-5-9-20(24)21(25)23-19(22(26)27)15-17-7-3-2-4-8-17/h2-4,7-8,10-13,19-20H,5-6,9,14-15H2,1H3,(H,23,25)(H,26,27)/t19-,20?/m0/s1. The minimum absolute atomic E-state index is 0.124. The highest BCUT2D eigenvalue weighted by atomic mass is 32.2. The number of carbonyl (C=O) groups excluding carboxylic acids is 1. The summed E-state index contributed by atoms with van der Waals surface area (Å²) in [7, 11) is -3.86. The van der Waals surface area contributed by atoms with Crippen LogP contribution in [0.2, 0.25) is 0 Å². The molecule has 160 valence electrons.